The summed E-state index contributed by atoms with van der Waals surface area (Å²) in [4.78, 5) is 23.9. The Bertz CT molecular complexity index is 1190. The molecule has 0 atom stereocenters. The molecule has 0 aliphatic heterocycles. The Morgan fingerprint density at radius 2 is 2.00 bits per heavy atom. The number of H-pyrrole nitrogens is 1. The van der Waals surface area contributed by atoms with Gasteiger partial charge < -0.3 is 10.1 Å². The van der Waals surface area contributed by atoms with Crippen molar-refractivity contribution in [1.29, 1.82) is 0 Å². The van der Waals surface area contributed by atoms with Crippen LogP contribution in [0.25, 0.3) is 32.9 Å². The zero-order valence-electron chi connectivity index (χ0n) is 14.7. The third-order valence-electron chi connectivity index (χ3n) is 4.30. The maximum Gasteiger partial charge on any atom is 0.269 e. The number of nitrogens with zero attached hydrogens (tertiary/aromatic N) is 2. The van der Waals surface area contributed by atoms with Crippen molar-refractivity contribution in [2.24, 2.45) is 0 Å². The van der Waals surface area contributed by atoms with Gasteiger partial charge in [0.25, 0.3) is 5.56 Å². The van der Waals surface area contributed by atoms with Crippen molar-refractivity contribution < 1.29 is 9.50 Å². The van der Waals surface area contributed by atoms with E-state index in [1.807, 2.05) is 0 Å². The number of benzene rings is 1. The number of pyridine rings is 1. The predicted molar refractivity (Wildman–Crippen MR) is 104 cm³/mol. The Morgan fingerprint density at radius 1 is 1.19 bits per heavy atom. The van der Waals surface area contributed by atoms with Crippen molar-refractivity contribution in [3.8, 4) is 22.6 Å². The fourth-order valence-corrected chi connectivity index (χ4v) is 3.76. The lowest BCUT2D eigenvalue weighted by atomic mass is 9.95. The number of aromatic amines is 1. The van der Waals surface area contributed by atoms with Gasteiger partial charge in [-0.25, -0.2) is 9.37 Å². The van der Waals surface area contributed by atoms with E-state index in [0.717, 1.165) is 0 Å². The van der Waals surface area contributed by atoms with E-state index in [2.05, 4.69) is 15.0 Å². The van der Waals surface area contributed by atoms with Crippen molar-refractivity contribution in [3.63, 3.8) is 0 Å². The number of thiophene rings is 1. The van der Waals surface area contributed by atoms with Crippen molar-refractivity contribution in [3.05, 3.63) is 69.7 Å². The standard InChI is InChI=1S/C20H16FN3O2S/c1-20(2,26)11-6-7-12(14(21)9-11)13-10-27-17-16(13)23-18(24-19(17)25)15-5-3-4-8-22-15/h3-10,26H,1-2H3,(H,23,24,25). The molecule has 0 fully saturated rings. The maximum absolute atomic E-state index is 14.8. The first-order valence-electron chi connectivity index (χ1n) is 8.30. The molecule has 0 saturated carbocycles. The third kappa shape index (κ3) is 3.15. The summed E-state index contributed by atoms with van der Waals surface area (Å²) in [5, 5.41) is 11.8. The molecule has 1 aromatic carbocycles. The van der Waals surface area contributed by atoms with Gasteiger partial charge in [-0.15, -0.1) is 11.3 Å². The molecule has 4 rings (SSSR count). The topological polar surface area (TPSA) is 78.9 Å². The molecular weight excluding hydrogens is 365 g/mol. The van der Waals surface area contributed by atoms with Gasteiger partial charge in [0, 0.05) is 22.7 Å². The van der Waals surface area contributed by atoms with Crippen LogP contribution in [-0.4, -0.2) is 20.1 Å². The number of hydrogen-bond acceptors (Lipinski definition) is 5. The van der Waals surface area contributed by atoms with Gasteiger partial charge in [-0.3, -0.25) is 9.78 Å². The molecule has 3 heterocycles. The van der Waals surface area contributed by atoms with E-state index in [-0.39, 0.29) is 5.56 Å². The highest BCUT2D eigenvalue weighted by Crippen LogP contribution is 2.34. The summed E-state index contributed by atoms with van der Waals surface area (Å²) in [6, 6.07) is 9.91. The van der Waals surface area contributed by atoms with Crippen LogP contribution in [0.4, 0.5) is 4.39 Å². The van der Waals surface area contributed by atoms with Gasteiger partial charge >= 0.3 is 0 Å². The van der Waals surface area contributed by atoms with Crippen LogP contribution >= 0.6 is 11.3 Å². The minimum absolute atomic E-state index is 0.287. The van der Waals surface area contributed by atoms with Crippen molar-refractivity contribution >= 4 is 21.6 Å². The number of nitrogens with one attached hydrogen (secondary N) is 1. The van der Waals surface area contributed by atoms with Crippen molar-refractivity contribution in [2.75, 3.05) is 0 Å². The summed E-state index contributed by atoms with van der Waals surface area (Å²) in [5.41, 5.74) is 0.884. The molecule has 27 heavy (non-hydrogen) atoms. The second-order valence-corrected chi connectivity index (χ2v) is 7.59. The summed E-state index contributed by atoms with van der Waals surface area (Å²) >= 11 is 1.22. The van der Waals surface area contributed by atoms with E-state index in [9.17, 15) is 14.3 Å². The lowest BCUT2D eigenvalue weighted by Gasteiger charge is -2.18. The Kier molecular flexibility index (Phi) is 4.13. The van der Waals surface area contributed by atoms with Crippen molar-refractivity contribution in [2.45, 2.75) is 19.4 Å². The summed E-state index contributed by atoms with van der Waals surface area (Å²) in [6.07, 6.45) is 1.61. The molecule has 4 aromatic rings. The number of halogens is 1. The molecule has 0 bridgehead atoms. The Morgan fingerprint density at radius 3 is 2.67 bits per heavy atom. The molecule has 3 aromatic heterocycles. The SMILES string of the molecule is CC(C)(O)c1ccc(-c2csc3c(=O)[nH]c(-c4ccccn4)nc23)c(F)c1. The number of hydrogen-bond donors (Lipinski definition) is 2. The molecule has 0 aliphatic rings. The quantitative estimate of drug-likeness (QED) is 0.560. The molecular formula is C20H16FN3O2S. The van der Waals surface area contributed by atoms with Crippen LogP contribution in [0.3, 0.4) is 0 Å². The molecule has 136 valence electrons. The first kappa shape index (κ1) is 17.5. The molecule has 0 spiro atoms. The summed E-state index contributed by atoms with van der Waals surface area (Å²) in [7, 11) is 0. The van der Waals surface area contributed by atoms with Gasteiger partial charge in [0.2, 0.25) is 0 Å². The van der Waals surface area contributed by atoms with E-state index in [1.54, 1.807) is 55.8 Å². The number of rotatable bonds is 3. The van der Waals surface area contributed by atoms with Crippen LogP contribution in [0, 0.1) is 5.82 Å². The summed E-state index contributed by atoms with van der Waals surface area (Å²) < 4.78 is 15.2. The molecule has 0 unspecified atom stereocenters. The summed E-state index contributed by atoms with van der Waals surface area (Å²) in [6.45, 7) is 3.20. The van der Waals surface area contributed by atoms with E-state index in [0.29, 0.717) is 38.4 Å². The molecule has 2 N–H and O–H groups in total. The van der Waals surface area contributed by atoms with Gasteiger partial charge in [-0.05, 0) is 37.6 Å². The minimum Gasteiger partial charge on any atom is -0.386 e. The average Bonchev–Trinajstić information content (AvgIpc) is 3.06. The fourth-order valence-electron chi connectivity index (χ4n) is 2.86. The molecule has 5 nitrogen and oxygen atoms in total. The Labute approximate surface area is 158 Å². The molecule has 0 saturated heterocycles. The van der Waals surface area contributed by atoms with Crippen LogP contribution in [0.15, 0.2) is 52.8 Å². The molecule has 0 aliphatic carbocycles. The van der Waals surface area contributed by atoms with Crippen molar-refractivity contribution in [1.82, 2.24) is 15.0 Å². The molecule has 7 heteroatoms. The highest BCUT2D eigenvalue weighted by molar-refractivity contribution is 7.17. The predicted octanol–water partition coefficient (Wildman–Crippen LogP) is 4.08. The molecule has 0 radical (unpaired) electrons. The highest BCUT2D eigenvalue weighted by Gasteiger charge is 2.20. The lowest BCUT2D eigenvalue weighted by Crippen LogP contribution is -2.15. The smallest absolute Gasteiger partial charge is 0.269 e. The van der Waals surface area contributed by atoms with Crippen LogP contribution < -0.4 is 5.56 Å². The van der Waals surface area contributed by atoms with Crippen LogP contribution in [-0.2, 0) is 5.60 Å². The van der Waals surface area contributed by atoms with Gasteiger partial charge in [0.05, 0.1) is 11.1 Å². The van der Waals surface area contributed by atoms with E-state index in [1.165, 1.54) is 17.4 Å². The first-order valence-corrected chi connectivity index (χ1v) is 9.18. The monoisotopic (exact) mass is 381 g/mol. The first-order chi connectivity index (χ1) is 12.8. The zero-order chi connectivity index (χ0) is 19.2. The fraction of sp³-hybridized carbons (Fsp3) is 0.150. The second kappa shape index (κ2) is 6.37. The second-order valence-electron chi connectivity index (χ2n) is 6.71. The minimum atomic E-state index is -1.14. The normalized spacial score (nSPS) is 11.9. The number of fused-ring (bicyclic) bond motifs is 1. The van der Waals surface area contributed by atoms with Gasteiger partial charge in [-0.2, -0.15) is 0 Å². The van der Waals surface area contributed by atoms with Gasteiger partial charge in [0.1, 0.15) is 16.2 Å². The van der Waals surface area contributed by atoms with E-state index >= 15 is 0 Å². The van der Waals surface area contributed by atoms with Gasteiger partial charge in [0.15, 0.2) is 5.82 Å². The summed E-state index contributed by atoms with van der Waals surface area (Å²) in [5.74, 6) is -0.142. The van der Waals surface area contributed by atoms with E-state index < -0.39 is 11.4 Å². The van der Waals surface area contributed by atoms with Crippen LogP contribution in [0.5, 0.6) is 0 Å². The van der Waals surface area contributed by atoms with E-state index in [4.69, 9.17) is 0 Å². The average molecular weight is 381 g/mol. The third-order valence-corrected chi connectivity index (χ3v) is 5.27. The number of aliphatic hydroxyl groups is 1. The molecule has 0 amide bonds. The zero-order valence-corrected chi connectivity index (χ0v) is 15.5. The Balaban J connectivity index is 1.91. The Hall–Kier alpha value is -2.90. The highest BCUT2D eigenvalue weighted by atomic mass is 32.1. The van der Waals surface area contributed by atoms with Crippen LogP contribution in [0.2, 0.25) is 0 Å². The number of aromatic nitrogens is 3. The van der Waals surface area contributed by atoms with Crippen LogP contribution in [0.1, 0.15) is 19.4 Å². The maximum atomic E-state index is 14.8. The largest absolute Gasteiger partial charge is 0.386 e. The lowest BCUT2D eigenvalue weighted by molar-refractivity contribution is 0.0782. The van der Waals surface area contributed by atoms with Gasteiger partial charge in [-0.1, -0.05) is 18.2 Å².